The standard InChI is InChI=1S/C22H29NO4/c24-20(14-17-6-3-5-15-4-1-2-7-18(15)17)23-11-8-16(9-12-23)21-19(22(25)26)10-13-27-21/h1-2,4,7,16-17,19,21H,3,5-6,8-14H2,(H,25,26)/t17?,19?,21-/m0/s1. The van der Waals surface area contributed by atoms with Crippen molar-refractivity contribution >= 4 is 11.9 Å². The van der Waals surface area contributed by atoms with E-state index in [1.807, 2.05) is 4.90 Å². The normalized spacial score (nSPS) is 28.7. The van der Waals surface area contributed by atoms with Gasteiger partial charge in [0, 0.05) is 26.1 Å². The highest BCUT2D eigenvalue weighted by Gasteiger charge is 2.41. The molecule has 3 aliphatic rings. The predicted molar refractivity (Wildman–Crippen MR) is 102 cm³/mol. The zero-order valence-corrected chi connectivity index (χ0v) is 15.8. The van der Waals surface area contributed by atoms with Crippen LogP contribution in [0, 0.1) is 11.8 Å². The van der Waals surface area contributed by atoms with Gasteiger partial charge >= 0.3 is 5.97 Å². The number of carbonyl (C=O) groups is 2. The molecule has 27 heavy (non-hydrogen) atoms. The van der Waals surface area contributed by atoms with Gasteiger partial charge in [0.2, 0.25) is 5.91 Å². The van der Waals surface area contributed by atoms with E-state index in [9.17, 15) is 14.7 Å². The van der Waals surface area contributed by atoms with Crippen molar-refractivity contribution in [2.75, 3.05) is 19.7 Å². The number of benzene rings is 1. The lowest BCUT2D eigenvalue weighted by Crippen LogP contribution is -2.43. The summed E-state index contributed by atoms with van der Waals surface area (Å²) in [6.07, 6.45) is 6.10. The number of fused-ring (bicyclic) bond motifs is 1. The van der Waals surface area contributed by atoms with Gasteiger partial charge in [-0.25, -0.2) is 0 Å². The third kappa shape index (κ3) is 3.88. The van der Waals surface area contributed by atoms with E-state index in [-0.39, 0.29) is 23.8 Å². The Balaban J connectivity index is 1.33. The fraction of sp³-hybridized carbons (Fsp3) is 0.636. The maximum absolute atomic E-state index is 12.9. The summed E-state index contributed by atoms with van der Waals surface area (Å²) in [7, 11) is 0. The number of carboxylic acids is 1. The van der Waals surface area contributed by atoms with Crippen LogP contribution in [0.15, 0.2) is 24.3 Å². The SMILES string of the molecule is O=C(O)C1CCO[C@H]1C1CCN(C(=O)CC2CCCc3ccccc32)CC1. The molecule has 4 rings (SSSR count). The molecule has 1 N–H and O–H groups in total. The summed E-state index contributed by atoms with van der Waals surface area (Å²) in [5, 5.41) is 9.37. The lowest BCUT2D eigenvalue weighted by Gasteiger charge is -2.36. The molecule has 3 atom stereocenters. The Hall–Kier alpha value is -1.88. The first-order valence-corrected chi connectivity index (χ1v) is 10.3. The van der Waals surface area contributed by atoms with Crippen molar-refractivity contribution in [2.24, 2.45) is 11.8 Å². The molecule has 5 heteroatoms. The summed E-state index contributed by atoms with van der Waals surface area (Å²) in [5.41, 5.74) is 2.76. The van der Waals surface area contributed by atoms with E-state index in [2.05, 4.69) is 24.3 Å². The molecule has 0 saturated carbocycles. The van der Waals surface area contributed by atoms with Gasteiger partial charge in [0.15, 0.2) is 0 Å². The van der Waals surface area contributed by atoms with Gasteiger partial charge in [0.1, 0.15) is 0 Å². The van der Waals surface area contributed by atoms with E-state index < -0.39 is 5.97 Å². The minimum atomic E-state index is -0.744. The van der Waals surface area contributed by atoms with E-state index in [1.165, 1.54) is 11.1 Å². The van der Waals surface area contributed by atoms with Crippen LogP contribution in [-0.4, -0.2) is 47.7 Å². The van der Waals surface area contributed by atoms with Gasteiger partial charge in [-0.1, -0.05) is 24.3 Å². The van der Waals surface area contributed by atoms with Crippen molar-refractivity contribution in [3.63, 3.8) is 0 Å². The third-order valence-electron chi connectivity index (χ3n) is 6.72. The second kappa shape index (κ2) is 8.01. The number of carbonyl (C=O) groups excluding carboxylic acids is 1. The monoisotopic (exact) mass is 371 g/mol. The highest BCUT2D eigenvalue weighted by Crippen LogP contribution is 2.36. The van der Waals surface area contributed by atoms with E-state index in [4.69, 9.17) is 4.74 Å². The number of ether oxygens (including phenoxy) is 1. The van der Waals surface area contributed by atoms with Crippen molar-refractivity contribution in [2.45, 2.75) is 57.0 Å². The van der Waals surface area contributed by atoms with Crippen LogP contribution in [0.1, 0.15) is 55.6 Å². The molecule has 1 amide bonds. The Labute approximate surface area is 160 Å². The molecule has 0 aromatic heterocycles. The van der Waals surface area contributed by atoms with Gasteiger partial charge in [0.25, 0.3) is 0 Å². The molecular weight excluding hydrogens is 342 g/mol. The zero-order chi connectivity index (χ0) is 18.8. The smallest absolute Gasteiger partial charge is 0.309 e. The summed E-state index contributed by atoms with van der Waals surface area (Å²) in [5.74, 6) is -0.275. The van der Waals surface area contributed by atoms with Gasteiger partial charge in [-0.05, 0) is 61.5 Å². The fourth-order valence-corrected chi connectivity index (χ4v) is 5.22. The number of amides is 1. The van der Waals surface area contributed by atoms with Crippen LogP contribution in [0.5, 0.6) is 0 Å². The first-order chi connectivity index (χ1) is 13.1. The summed E-state index contributed by atoms with van der Waals surface area (Å²) in [6.45, 7) is 2.00. The maximum atomic E-state index is 12.9. The molecule has 0 spiro atoms. The summed E-state index contributed by atoms with van der Waals surface area (Å²) >= 11 is 0. The molecule has 1 aromatic rings. The lowest BCUT2D eigenvalue weighted by molar-refractivity contribution is -0.146. The van der Waals surface area contributed by atoms with Crippen LogP contribution in [0.2, 0.25) is 0 Å². The molecular formula is C22H29NO4. The maximum Gasteiger partial charge on any atom is 0.309 e. The number of hydrogen-bond acceptors (Lipinski definition) is 3. The largest absolute Gasteiger partial charge is 0.481 e. The molecule has 2 fully saturated rings. The average molecular weight is 371 g/mol. The molecule has 1 aliphatic carbocycles. The quantitative estimate of drug-likeness (QED) is 0.882. The van der Waals surface area contributed by atoms with Crippen molar-refractivity contribution in [1.82, 2.24) is 4.90 Å². The molecule has 2 aliphatic heterocycles. The van der Waals surface area contributed by atoms with Crippen molar-refractivity contribution in [3.05, 3.63) is 35.4 Å². The molecule has 5 nitrogen and oxygen atoms in total. The number of likely N-dealkylation sites (tertiary alicyclic amines) is 1. The van der Waals surface area contributed by atoms with Crippen LogP contribution in [0.3, 0.4) is 0 Å². The van der Waals surface area contributed by atoms with Crippen molar-refractivity contribution in [1.29, 1.82) is 0 Å². The number of aryl methyl sites for hydroxylation is 1. The van der Waals surface area contributed by atoms with E-state index in [0.29, 0.717) is 25.4 Å². The molecule has 146 valence electrons. The second-order valence-corrected chi connectivity index (χ2v) is 8.28. The summed E-state index contributed by atoms with van der Waals surface area (Å²) in [4.78, 5) is 26.3. The number of aliphatic carboxylic acids is 1. The fourth-order valence-electron chi connectivity index (χ4n) is 5.22. The Bertz CT molecular complexity index is 695. The minimum absolute atomic E-state index is 0.176. The lowest BCUT2D eigenvalue weighted by atomic mass is 9.80. The number of hydrogen-bond donors (Lipinski definition) is 1. The highest BCUT2D eigenvalue weighted by molar-refractivity contribution is 5.77. The Morgan fingerprint density at radius 3 is 2.67 bits per heavy atom. The van der Waals surface area contributed by atoms with Crippen LogP contribution in [0.25, 0.3) is 0 Å². The third-order valence-corrected chi connectivity index (χ3v) is 6.72. The first kappa shape index (κ1) is 18.5. The molecule has 2 unspecified atom stereocenters. The van der Waals surface area contributed by atoms with E-state index in [0.717, 1.165) is 45.2 Å². The molecule has 2 saturated heterocycles. The second-order valence-electron chi connectivity index (χ2n) is 8.28. The van der Waals surface area contributed by atoms with E-state index >= 15 is 0 Å². The highest BCUT2D eigenvalue weighted by atomic mass is 16.5. The summed E-state index contributed by atoms with van der Waals surface area (Å²) < 4.78 is 5.74. The Morgan fingerprint density at radius 1 is 1.11 bits per heavy atom. The Kier molecular flexibility index (Phi) is 5.48. The van der Waals surface area contributed by atoms with Crippen molar-refractivity contribution in [3.8, 4) is 0 Å². The number of rotatable bonds is 4. The Morgan fingerprint density at radius 2 is 1.89 bits per heavy atom. The van der Waals surface area contributed by atoms with Gasteiger partial charge in [0.05, 0.1) is 12.0 Å². The van der Waals surface area contributed by atoms with Gasteiger partial charge < -0.3 is 14.7 Å². The number of nitrogens with zero attached hydrogens (tertiary/aromatic N) is 1. The topological polar surface area (TPSA) is 66.8 Å². The molecule has 2 heterocycles. The molecule has 0 radical (unpaired) electrons. The van der Waals surface area contributed by atoms with Gasteiger partial charge in [-0.3, -0.25) is 9.59 Å². The van der Waals surface area contributed by atoms with Gasteiger partial charge in [-0.15, -0.1) is 0 Å². The zero-order valence-electron chi connectivity index (χ0n) is 15.8. The van der Waals surface area contributed by atoms with Gasteiger partial charge in [-0.2, -0.15) is 0 Å². The van der Waals surface area contributed by atoms with Crippen LogP contribution >= 0.6 is 0 Å². The first-order valence-electron chi connectivity index (χ1n) is 10.3. The minimum Gasteiger partial charge on any atom is -0.481 e. The molecule has 0 bridgehead atoms. The van der Waals surface area contributed by atoms with Crippen LogP contribution in [-0.2, 0) is 20.7 Å². The number of piperidine rings is 1. The average Bonchev–Trinajstić information content (AvgIpc) is 3.19. The predicted octanol–water partition coefficient (Wildman–Crippen LogP) is 3.22. The van der Waals surface area contributed by atoms with Crippen LogP contribution in [0.4, 0.5) is 0 Å². The van der Waals surface area contributed by atoms with Crippen LogP contribution < -0.4 is 0 Å². The van der Waals surface area contributed by atoms with Crippen molar-refractivity contribution < 1.29 is 19.4 Å². The molecule has 1 aromatic carbocycles. The van der Waals surface area contributed by atoms with E-state index in [1.54, 1.807) is 0 Å². The summed E-state index contributed by atoms with van der Waals surface area (Å²) in [6, 6.07) is 8.54. The number of carboxylic acid groups (broad SMARTS) is 1.